The van der Waals surface area contributed by atoms with E-state index in [9.17, 15) is 14.4 Å². The maximum absolute atomic E-state index is 13.6. The fourth-order valence-electron chi connectivity index (χ4n) is 5.10. The van der Waals surface area contributed by atoms with E-state index in [2.05, 4.69) is 15.4 Å². The number of hydrogen-bond donors (Lipinski definition) is 0. The van der Waals surface area contributed by atoms with Crippen molar-refractivity contribution in [1.82, 2.24) is 10.0 Å². The minimum absolute atomic E-state index is 0.252. The summed E-state index contributed by atoms with van der Waals surface area (Å²) in [5.74, 6) is -0.965. The number of carbonyl (C=O) groups is 3. The van der Waals surface area contributed by atoms with Crippen LogP contribution in [0.15, 0.2) is 100 Å². The van der Waals surface area contributed by atoms with Gasteiger partial charge in [-0.05, 0) is 23.3 Å². The van der Waals surface area contributed by atoms with E-state index in [1.165, 1.54) is 17.1 Å². The van der Waals surface area contributed by atoms with Crippen LogP contribution in [0.1, 0.15) is 23.6 Å². The normalized spacial score (nSPS) is 22.2. The molecule has 0 aliphatic carbocycles. The van der Waals surface area contributed by atoms with Crippen LogP contribution in [-0.4, -0.2) is 59.2 Å². The highest BCUT2D eigenvalue weighted by atomic mass is 16.5. The van der Waals surface area contributed by atoms with Crippen LogP contribution in [-0.2, 0) is 14.4 Å². The quantitative estimate of drug-likeness (QED) is 0.475. The second kappa shape index (κ2) is 9.55. The number of nitrogens with zero attached hydrogens (tertiary/aromatic N) is 6. The predicted molar refractivity (Wildman–Crippen MR) is 138 cm³/mol. The topological polar surface area (TPSA) is 107 Å². The zero-order chi connectivity index (χ0) is 26.2. The number of hydrazone groups is 1. The number of imide groups is 1. The molecule has 3 heterocycles. The SMILES string of the molecule is COc1ccccc1N1C(=O)[C@@H]2[C@@H](N=NN2CC(=O)N2N=C(c3ccccc3)C[C@H]2c2ccccc2)C1=O. The van der Waals surface area contributed by atoms with Crippen molar-refractivity contribution >= 4 is 29.1 Å². The van der Waals surface area contributed by atoms with Crippen molar-refractivity contribution in [1.29, 1.82) is 0 Å². The Balaban J connectivity index is 1.26. The maximum Gasteiger partial charge on any atom is 0.264 e. The molecule has 3 aliphatic rings. The van der Waals surface area contributed by atoms with Gasteiger partial charge in [0.25, 0.3) is 17.7 Å². The molecule has 38 heavy (non-hydrogen) atoms. The van der Waals surface area contributed by atoms with Gasteiger partial charge in [-0.25, -0.2) is 9.91 Å². The molecule has 3 amide bonds. The Morgan fingerprint density at radius 2 is 1.61 bits per heavy atom. The Hall–Kier alpha value is -4.86. The highest BCUT2D eigenvalue weighted by molar-refractivity contribution is 6.26. The number of fused-ring (bicyclic) bond motifs is 1. The first-order chi connectivity index (χ1) is 18.6. The average molecular weight is 509 g/mol. The van der Waals surface area contributed by atoms with Crippen LogP contribution in [0.5, 0.6) is 5.75 Å². The van der Waals surface area contributed by atoms with E-state index >= 15 is 0 Å². The zero-order valence-electron chi connectivity index (χ0n) is 20.5. The molecule has 3 aromatic carbocycles. The number of ether oxygens (including phenoxy) is 1. The Bertz CT molecular complexity index is 1460. The summed E-state index contributed by atoms with van der Waals surface area (Å²) in [6, 6.07) is 23.9. The molecule has 10 heteroatoms. The molecule has 0 saturated carbocycles. The van der Waals surface area contributed by atoms with Crippen molar-refractivity contribution in [2.24, 2.45) is 15.4 Å². The van der Waals surface area contributed by atoms with E-state index in [1.54, 1.807) is 24.3 Å². The molecule has 3 aromatic rings. The second-order valence-corrected chi connectivity index (χ2v) is 9.16. The average Bonchev–Trinajstić information content (AvgIpc) is 3.65. The lowest BCUT2D eigenvalue weighted by Crippen LogP contribution is -2.44. The van der Waals surface area contributed by atoms with Crippen molar-refractivity contribution in [3.05, 3.63) is 96.1 Å². The van der Waals surface area contributed by atoms with Gasteiger partial charge in [-0.2, -0.15) is 10.2 Å². The van der Waals surface area contributed by atoms with E-state index in [1.807, 2.05) is 60.7 Å². The number of methoxy groups -OCH3 is 1. The molecule has 1 fully saturated rings. The monoisotopic (exact) mass is 508 g/mol. The van der Waals surface area contributed by atoms with Crippen molar-refractivity contribution in [2.45, 2.75) is 24.5 Å². The lowest BCUT2D eigenvalue weighted by atomic mass is 9.98. The van der Waals surface area contributed by atoms with Crippen LogP contribution in [0.25, 0.3) is 0 Å². The minimum atomic E-state index is -1.02. The molecule has 3 atom stereocenters. The summed E-state index contributed by atoms with van der Waals surface area (Å²) in [7, 11) is 1.47. The largest absolute Gasteiger partial charge is 0.495 e. The zero-order valence-corrected chi connectivity index (χ0v) is 20.5. The summed E-state index contributed by atoms with van der Waals surface area (Å²) >= 11 is 0. The van der Waals surface area contributed by atoms with E-state index in [0.717, 1.165) is 21.7 Å². The third-order valence-electron chi connectivity index (χ3n) is 6.94. The van der Waals surface area contributed by atoms with Crippen molar-refractivity contribution < 1.29 is 19.1 Å². The number of para-hydroxylation sites is 2. The summed E-state index contributed by atoms with van der Waals surface area (Å²) in [5.41, 5.74) is 3.02. The first kappa shape index (κ1) is 23.5. The van der Waals surface area contributed by atoms with Gasteiger partial charge in [0.1, 0.15) is 12.3 Å². The smallest absolute Gasteiger partial charge is 0.264 e. The van der Waals surface area contributed by atoms with Crippen molar-refractivity contribution in [3.63, 3.8) is 0 Å². The van der Waals surface area contributed by atoms with E-state index < -0.39 is 23.9 Å². The van der Waals surface area contributed by atoms with Crippen LogP contribution < -0.4 is 9.64 Å². The van der Waals surface area contributed by atoms with Crippen LogP contribution in [0.3, 0.4) is 0 Å². The third kappa shape index (κ3) is 3.90. The number of benzene rings is 3. The van der Waals surface area contributed by atoms with Crippen LogP contribution in [0, 0.1) is 0 Å². The molecule has 190 valence electrons. The van der Waals surface area contributed by atoms with Gasteiger partial charge in [0.05, 0.1) is 24.6 Å². The maximum atomic E-state index is 13.6. The molecule has 0 unspecified atom stereocenters. The van der Waals surface area contributed by atoms with E-state index in [-0.39, 0.29) is 18.5 Å². The summed E-state index contributed by atoms with van der Waals surface area (Å²) in [6.07, 6.45) is 0.548. The molecule has 0 spiro atoms. The van der Waals surface area contributed by atoms with Crippen LogP contribution in [0.2, 0.25) is 0 Å². The first-order valence-corrected chi connectivity index (χ1v) is 12.2. The molecule has 3 aliphatic heterocycles. The fourth-order valence-corrected chi connectivity index (χ4v) is 5.10. The molecular formula is C28H24N6O4. The number of anilines is 1. The Morgan fingerprint density at radius 3 is 2.34 bits per heavy atom. The van der Waals surface area contributed by atoms with Gasteiger partial charge in [-0.15, -0.1) is 0 Å². The Labute approximate surface area is 218 Å². The van der Waals surface area contributed by atoms with Gasteiger partial charge in [-0.3, -0.25) is 19.4 Å². The highest BCUT2D eigenvalue weighted by Crippen LogP contribution is 2.37. The molecule has 10 nitrogen and oxygen atoms in total. The van der Waals surface area contributed by atoms with Gasteiger partial charge >= 0.3 is 0 Å². The molecule has 1 saturated heterocycles. The van der Waals surface area contributed by atoms with Gasteiger partial charge in [0.2, 0.25) is 0 Å². The van der Waals surface area contributed by atoms with E-state index in [0.29, 0.717) is 17.9 Å². The highest BCUT2D eigenvalue weighted by Gasteiger charge is 2.56. The summed E-state index contributed by atoms with van der Waals surface area (Å²) in [4.78, 5) is 41.3. The minimum Gasteiger partial charge on any atom is -0.495 e. The molecule has 0 radical (unpaired) electrons. The molecule has 0 bridgehead atoms. The van der Waals surface area contributed by atoms with Gasteiger partial charge in [0.15, 0.2) is 12.1 Å². The first-order valence-electron chi connectivity index (χ1n) is 12.2. The van der Waals surface area contributed by atoms with E-state index in [4.69, 9.17) is 4.74 Å². The molecular weight excluding hydrogens is 484 g/mol. The van der Waals surface area contributed by atoms with Gasteiger partial charge in [0, 0.05) is 6.42 Å². The van der Waals surface area contributed by atoms with Crippen molar-refractivity contribution in [3.8, 4) is 5.75 Å². The van der Waals surface area contributed by atoms with Crippen LogP contribution in [0.4, 0.5) is 5.69 Å². The van der Waals surface area contributed by atoms with Gasteiger partial charge < -0.3 is 4.74 Å². The summed E-state index contributed by atoms with van der Waals surface area (Å²) < 4.78 is 5.35. The summed E-state index contributed by atoms with van der Waals surface area (Å²) in [5, 5.41) is 15.5. The number of carbonyl (C=O) groups excluding carboxylic acids is 3. The third-order valence-corrected chi connectivity index (χ3v) is 6.94. The molecule has 6 rings (SSSR count). The Kier molecular flexibility index (Phi) is 5.91. The predicted octanol–water partition coefficient (Wildman–Crippen LogP) is 3.37. The number of amides is 3. The Morgan fingerprint density at radius 1 is 0.921 bits per heavy atom. The lowest BCUT2D eigenvalue weighted by Gasteiger charge is -2.25. The molecule has 0 aromatic heterocycles. The fraction of sp³-hybridized carbons (Fsp3) is 0.214. The number of hydrogen-bond acceptors (Lipinski definition) is 8. The standard InChI is InChI=1S/C28H24N6O4/c1-38-23-15-9-8-14-21(23)33-27(36)25-26(28(33)37)32(31-29-25)17-24(35)34-22(19-12-6-3-7-13-19)16-20(30-34)18-10-4-2-5-11-18/h2-15,22,25-26H,16-17H2,1H3/t22-,25+,26-/m0/s1. The van der Waals surface area contributed by atoms with Gasteiger partial charge in [-0.1, -0.05) is 78.0 Å². The van der Waals surface area contributed by atoms with Crippen molar-refractivity contribution in [2.75, 3.05) is 18.6 Å². The molecule has 0 N–H and O–H groups in total. The summed E-state index contributed by atoms with van der Waals surface area (Å²) in [6.45, 7) is -0.252. The number of rotatable bonds is 6. The van der Waals surface area contributed by atoms with Crippen LogP contribution >= 0.6 is 0 Å². The second-order valence-electron chi connectivity index (χ2n) is 9.16. The lowest BCUT2D eigenvalue weighted by molar-refractivity contribution is -0.135.